The lowest BCUT2D eigenvalue weighted by atomic mass is 10.2. The maximum Gasteiger partial charge on any atom is 0.140 e. The zero-order valence-corrected chi connectivity index (χ0v) is 8.98. The summed E-state index contributed by atoms with van der Waals surface area (Å²) < 4.78 is 2.04. The molecule has 1 heterocycles. The molecule has 0 N–H and O–H groups in total. The molecule has 0 radical (unpaired) electrons. The van der Waals surface area contributed by atoms with E-state index in [4.69, 9.17) is 11.6 Å². The van der Waals surface area contributed by atoms with Crippen LogP contribution in [-0.2, 0) is 6.54 Å². The van der Waals surface area contributed by atoms with Crippen LogP contribution >= 0.6 is 11.6 Å². The van der Waals surface area contributed by atoms with Crippen LogP contribution in [0.1, 0.15) is 0 Å². The molecule has 1 aromatic carbocycles. The van der Waals surface area contributed by atoms with Crippen molar-refractivity contribution >= 4 is 11.6 Å². The average Bonchev–Trinajstić information content (AvgIpc) is 2.68. The molecule has 0 saturated carbocycles. The lowest BCUT2D eigenvalue weighted by Crippen LogP contribution is -1.96. The first-order valence-electron chi connectivity index (χ1n) is 4.69. The molecule has 0 fully saturated rings. The van der Waals surface area contributed by atoms with Gasteiger partial charge in [-0.1, -0.05) is 17.7 Å². The fourth-order valence-electron chi connectivity index (χ4n) is 1.45. The first-order chi connectivity index (χ1) is 7.31. The Morgan fingerprint density at radius 1 is 1.33 bits per heavy atom. The number of benzene rings is 1. The van der Waals surface area contributed by atoms with Gasteiger partial charge in [0.15, 0.2) is 0 Å². The van der Waals surface area contributed by atoms with E-state index in [0.29, 0.717) is 0 Å². The molecule has 15 heavy (non-hydrogen) atoms. The molecule has 0 bridgehead atoms. The first-order valence-corrected chi connectivity index (χ1v) is 5.07. The number of aromatic nitrogens is 2. The summed E-state index contributed by atoms with van der Waals surface area (Å²) in [7, 11) is 0. The molecule has 0 unspecified atom stereocenters. The van der Waals surface area contributed by atoms with Crippen molar-refractivity contribution in [2.24, 2.45) is 0 Å². The van der Waals surface area contributed by atoms with Gasteiger partial charge >= 0.3 is 0 Å². The average molecular weight is 219 g/mol. The fraction of sp³-hybridized carbons (Fsp3) is 0.0833. The quantitative estimate of drug-likeness (QED) is 0.723. The van der Waals surface area contributed by atoms with Gasteiger partial charge in [0.05, 0.1) is 0 Å². The van der Waals surface area contributed by atoms with Crippen LogP contribution in [0.4, 0.5) is 0 Å². The number of hydrogen-bond acceptors (Lipinski definition) is 1. The van der Waals surface area contributed by atoms with E-state index in [1.54, 1.807) is 6.20 Å². The van der Waals surface area contributed by atoms with Crippen molar-refractivity contribution in [3.63, 3.8) is 0 Å². The highest BCUT2D eigenvalue weighted by Gasteiger charge is 2.03. The molecular formula is C12H11ClN2. The Morgan fingerprint density at radius 3 is 2.73 bits per heavy atom. The summed E-state index contributed by atoms with van der Waals surface area (Å²) in [6, 6.07) is 7.65. The molecule has 0 aliphatic heterocycles. The van der Waals surface area contributed by atoms with Crippen molar-refractivity contribution in [2.75, 3.05) is 0 Å². The molecule has 2 rings (SSSR count). The van der Waals surface area contributed by atoms with Crippen LogP contribution in [0.25, 0.3) is 11.4 Å². The summed E-state index contributed by atoms with van der Waals surface area (Å²) in [5.74, 6) is 0.937. The van der Waals surface area contributed by atoms with Gasteiger partial charge in [-0.3, -0.25) is 0 Å². The topological polar surface area (TPSA) is 17.8 Å². The molecule has 0 spiro atoms. The Hall–Kier alpha value is -1.54. The highest BCUT2D eigenvalue weighted by atomic mass is 35.5. The zero-order valence-electron chi connectivity index (χ0n) is 8.23. The minimum absolute atomic E-state index is 0.737. The van der Waals surface area contributed by atoms with Gasteiger partial charge < -0.3 is 4.57 Å². The molecule has 2 aromatic rings. The number of rotatable bonds is 3. The molecular weight excluding hydrogens is 208 g/mol. The molecule has 1 aromatic heterocycles. The molecule has 0 amide bonds. The van der Waals surface area contributed by atoms with E-state index in [9.17, 15) is 0 Å². The summed E-state index contributed by atoms with van der Waals surface area (Å²) >= 11 is 5.83. The molecule has 76 valence electrons. The molecule has 3 heteroatoms. The predicted octanol–water partition coefficient (Wildman–Crippen LogP) is 3.39. The van der Waals surface area contributed by atoms with Gasteiger partial charge in [-0.15, -0.1) is 6.58 Å². The van der Waals surface area contributed by atoms with Gasteiger partial charge in [-0.25, -0.2) is 4.98 Å². The molecule has 0 atom stereocenters. The maximum atomic E-state index is 5.83. The zero-order chi connectivity index (χ0) is 10.7. The van der Waals surface area contributed by atoms with Crippen molar-refractivity contribution in [1.29, 1.82) is 0 Å². The van der Waals surface area contributed by atoms with Crippen molar-refractivity contribution in [1.82, 2.24) is 9.55 Å². The van der Waals surface area contributed by atoms with Crippen LogP contribution in [-0.4, -0.2) is 9.55 Å². The van der Waals surface area contributed by atoms with Crippen LogP contribution in [0.5, 0.6) is 0 Å². The fourth-order valence-corrected chi connectivity index (χ4v) is 1.58. The molecule has 0 saturated heterocycles. The number of imidazole rings is 1. The highest BCUT2D eigenvalue weighted by Crippen LogP contribution is 2.19. The Balaban J connectivity index is 2.40. The van der Waals surface area contributed by atoms with Gasteiger partial charge in [0.1, 0.15) is 5.82 Å². The second kappa shape index (κ2) is 4.32. The molecule has 0 aliphatic rings. The number of hydrogen-bond donors (Lipinski definition) is 0. The lowest BCUT2D eigenvalue weighted by Gasteiger charge is -2.04. The van der Waals surface area contributed by atoms with Crippen molar-refractivity contribution < 1.29 is 0 Å². The second-order valence-corrected chi connectivity index (χ2v) is 3.64. The predicted molar refractivity (Wildman–Crippen MR) is 62.9 cm³/mol. The van der Waals surface area contributed by atoms with E-state index in [1.165, 1.54) is 0 Å². The van der Waals surface area contributed by atoms with E-state index in [2.05, 4.69) is 11.6 Å². The van der Waals surface area contributed by atoms with Crippen molar-refractivity contribution in [3.05, 3.63) is 54.3 Å². The minimum Gasteiger partial charge on any atom is -0.327 e. The van der Waals surface area contributed by atoms with Gasteiger partial charge in [0, 0.05) is 29.5 Å². The Morgan fingerprint density at radius 2 is 2.07 bits per heavy atom. The first kappa shape index (κ1) is 9.99. The van der Waals surface area contributed by atoms with Crippen molar-refractivity contribution in [3.8, 4) is 11.4 Å². The highest BCUT2D eigenvalue weighted by molar-refractivity contribution is 6.30. The van der Waals surface area contributed by atoms with Gasteiger partial charge in [-0.2, -0.15) is 0 Å². The van der Waals surface area contributed by atoms with Crippen LogP contribution in [0.2, 0.25) is 5.02 Å². The van der Waals surface area contributed by atoms with Crippen molar-refractivity contribution in [2.45, 2.75) is 6.54 Å². The third-order valence-corrected chi connectivity index (χ3v) is 2.40. The summed E-state index contributed by atoms with van der Waals surface area (Å²) in [5, 5.41) is 0.737. The Labute approximate surface area is 93.8 Å². The summed E-state index contributed by atoms with van der Waals surface area (Å²) in [6.45, 7) is 4.48. The standard InChI is InChI=1S/C12H11ClN2/c1-2-8-15-9-7-14-12(15)10-3-5-11(13)6-4-10/h2-7,9H,1,8H2. The summed E-state index contributed by atoms with van der Waals surface area (Å²) in [6.07, 6.45) is 5.57. The van der Waals surface area contributed by atoms with E-state index in [-0.39, 0.29) is 0 Å². The SMILES string of the molecule is C=CCn1ccnc1-c1ccc(Cl)cc1. The van der Waals surface area contributed by atoms with E-state index in [0.717, 1.165) is 23.0 Å². The number of nitrogens with zero attached hydrogens (tertiary/aromatic N) is 2. The van der Waals surface area contributed by atoms with Crippen LogP contribution < -0.4 is 0 Å². The van der Waals surface area contributed by atoms with Crippen LogP contribution in [0.15, 0.2) is 49.3 Å². The number of allylic oxidation sites excluding steroid dienone is 1. The minimum atomic E-state index is 0.737. The monoisotopic (exact) mass is 218 g/mol. The smallest absolute Gasteiger partial charge is 0.140 e. The molecule has 2 nitrogen and oxygen atoms in total. The van der Waals surface area contributed by atoms with Gasteiger partial charge in [-0.05, 0) is 24.3 Å². The maximum absolute atomic E-state index is 5.83. The summed E-state index contributed by atoms with van der Waals surface area (Å²) in [5.41, 5.74) is 1.06. The normalized spacial score (nSPS) is 10.2. The number of halogens is 1. The lowest BCUT2D eigenvalue weighted by molar-refractivity contribution is 0.832. The van der Waals surface area contributed by atoms with E-state index < -0.39 is 0 Å². The van der Waals surface area contributed by atoms with Gasteiger partial charge in [0.2, 0.25) is 0 Å². The Kier molecular flexibility index (Phi) is 2.88. The van der Waals surface area contributed by atoms with E-state index in [1.807, 2.05) is 41.1 Å². The van der Waals surface area contributed by atoms with Crippen LogP contribution in [0, 0.1) is 0 Å². The second-order valence-electron chi connectivity index (χ2n) is 3.20. The third kappa shape index (κ3) is 2.10. The summed E-state index contributed by atoms with van der Waals surface area (Å²) in [4.78, 5) is 4.31. The third-order valence-electron chi connectivity index (χ3n) is 2.14. The molecule has 0 aliphatic carbocycles. The van der Waals surface area contributed by atoms with E-state index >= 15 is 0 Å². The Bertz CT molecular complexity index is 457. The van der Waals surface area contributed by atoms with Gasteiger partial charge in [0.25, 0.3) is 0 Å². The van der Waals surface area contributed by atoms with Crippen LogP contribution in [0.3, 0.4) is 0 Å². The largest absolute Gasteiger partial charge is 0.327 e.